The highest BCUT2D eigenvalue weighted by molar-refractivity contribution is 7.98. The van der Waals surface area contributed by atoms with Crippen LogP contribution in [0.2, 0.25) is 5.02 Å². The number of halogens is 1. The van der Waals surface area contributed by atoms with Gasteiger partial charge in [0.25, 0.3) is 0 Å². The van der Waals surface area contributed by atoms with Crippen molar-refractivity contribution in [3.05, 3.63) is 56.6 Å². The summed E-state index contributed by atoms with van der Waals surface area (Å²) in [6.45, 7) is 0. The second kappa shape index (κ2) is 7.02. The lowest BCUT2D eigenvalue weighted by Crippen LogP contribution is -2.31. The van der Waals surface area contributed by atoms with Gasteiger partial charge in [-0.15, -0.1) is 11.8 Å². The molecule has 2 heterocycles. The van der Waals surface area contributed by atoms with Crippen LogP contribution in [0, 0.1) is 0 Å². The van der Waals surface area contributed by atoms with Gasteiger partial charge in [-0.3, -0.25) is 4.57 Å². The second-order valence-corrected chi connectivity index (χ2v) is 10.4. The largest absolute Gasteiger partial charge is 0.349 e. The summed E-state index contributed by atoms with van der Waals surface area (Å²) < 4.78 is 25.3. The average Bonchev–Trinajstić information content (AvgIpc) is 3.20. The third-order valence-corrected chi connectivity index (χ3v) is 8.22. The van der Waals surface area contributed by atoms with Crippen molar-refractivity contribution in [2.45, 2.75) is 42.5 Å². The van der Waals surface area contributed by atoms with Crippen LogP contribution in [0.4, 0.5) is 0 Å². The Kier molecular flexibility index (Phi) is 4.88. The van der Waals surface area contributed by atoms with E-state index in [1.54, 1.807) is 4.57 Å². The maximum atomic E-state index is 12.7. The van der Waals surface area contributed by atoms with Gasteiger partial charge in [0.2, 0.25) is 0 Å². The van der Waals surface area contributed by atoms with Crippen LogP contribution in [0.3, 0.4) is 0 Å². The van der Waals surface area contributed by atoms with Crippen molar-refractivity contribution in [2.24, 2.45) is 0 Å². The zero-order valence-electron chi connectivity index (χ0n) is 14.2. The molecule has 0 N–H and O–H groups in total. The summed E-state index contributed by atoms with van der Waals surface area (Å²) in [5.41, 5.74) is 2.77. The second-order valence-electron chi connectivity index (χ2n) is 6.79. The van der Waals surface area contributed by atoms with Gasteiger partial charge in [0, 0.05) is 22.0 Å². The van der Waals surface area contributed by atoms with E-state index < -0.39 is 9.84 Å². The lowest BCUT2D eigenvalue weighted by Gasteiger charge is -2.18. The van der Waals surface area contributed by atoms with Crippen LogP contribution in [0.25, 0.3) is 0 Å². The van der Waals surface area contributed by atoms with Gasteiger partial charge >= 0.3 is 5.69 Å². The number of sulfone groups is 1. The molecule has 26 heavy (non-hydrogen) atoms. The molecule has 2 aliphatic rings. The smallest absolute Gasteiger partial charge is 0.292 e. The molecule has 138 valence electrons. The van der Waals surface area contributed by atoms with Crippen molar-refractivity contribution in [2.75, 3.05) is 11.5 Å². The standard InChI is InChI=1S/C18H19ClN2O3S2/c19-15-6-2-1-4-12(15)10-25-17-14-5-3-7-16(14)21(18(22)20-17)13-8-9-26(23,24)11-13/h1-2,4,6,13H,3,5,7-11H2/t13-/m1/s1. The Hall–Kier alpha value is -1.31. The van der Waals surface area contributed by atoms with Gasteiger partial charge < -0.3 is 0 Å². The quantitative estimate of drug-likeness (QED) is 0.572. The van der Waals surface area contributed by atoms with Crippen LogP contribution in [0.5, 0.6) is 0 Å². The van der Waals surface area contributed by atoms with Gasteiger partial charge in [-0.05, 0) is 37.3 Å². The number of fused-ring (bicyclic) bond motifs is 1. The zero-order chi connectivity index (χ0) is 18.3. The first-order valence-corrected chi connectivity index (χ1v) is 11.8. The van der Waals surface area contributed by atoms with E-state index in [1.165, 1.54) is 11.8 Å². The van der Waals surface area contributed by atoms with Gasteiger partial charge in [0.05, 0.1) is 17.5 Å². The highest BCUT2D eigenvalue weighted by Gasteiger charge is 2.33. The fourth-order valence-corrected chi connectivity index (χ4v) is 6.85. The predicted octanol–water partition coefficient (Wildman–Crippen LogP) is 3.04. The Balaban J connectivity index is 1.66. The molecule has 0 spiro atoms. The Morgan fingerprint density at radius 3 is 2.81 bits per heavy atom. The Bertz CT molecular complexity index is 1020. The van der Waals surface area contributed by atoms with E-state index >= 15 is 0 Å². The minimum absolute atomic E-state index is 0.0487. The minimum atomic E-state index is -3.05. The maximum Gasteiger partial charge on any atom is 0.349 e. The van der Waals surface area contributed by atoms with Crippen molar-refractivity contribution in [1.82, 2.24) is 9.55 Å². The van der Waals surface area contributed by atoms with E-state index in [0.29, 0.717) is 17.2 Å². The summed E-state index contributed by atoms with van der Waals surface area (Å²) >= 11 is 7.75. The molecule has 0 saturated carbocycles. The van der Waals surface area contributed by atoms with Crippen molar-refractivity contribution in [3.8, 4) is 0 Å². The van der Waals surface area contributed by atoms with E-state index in [9.17, 15) is 13.2 Å². The van der Waals surface area contributed by atoms with Gasteiger partial charge in [0.1, 0.15) is 5.03 Å². The summed E-state index contributed by atoms with van der Waals surface area (Å²) in [6, 6.07) is 7.39. The summed E-state index contributed by atoms with van der Waals surface area (Å²) in [5.74, 6) is 0.857. The third kappa shape index (κ3) is 3.44. The molecule has 1 aromatic heterocycles. The Morgan fingerprint density at radius 1 is 1.27 bits per heavy atom. The first-order valence-electron chi connectivity index (χ1n) is 8.65. The molecule has 8 heteroatoms. The van der Waals surface area contributed by atoms with Gasteiger partial charge in [-0.25, -0.2) is 13.2 Å². The molecule has 1 aliphatic carbocycles. The minimum Gasteiger partial charge on any atom is -0.292 e. The molecule has 0 bridgehead atoms. The molecule has 1 aromatic carbocycles. The molecule has 1 fully saturated rings. The molecule has 1 atom stereocenters. The number of hydrogen-bond acceptors (Lipinski definition) is 5. The molecule has 1 saturated heterocycles. The summed E-state index contributed by atoms with van der Waals surface area (Å²) in [5, 5.41) is 1.47. The SMILES string of the molecule is O=c1nc(SCc2ccccc2Cl)c2c(n1[C@@H]1CCS(=O)(=O)C1)CCC2. The number of nitrogens with zero attached hydrogens (tertiary/aromatic N) is 2. The Morgan fingerprint density at radius 2 is 2.08 bits per heavy atom. The zero-order valence-corrected chi connectivity index (χ0v) is 16.5. The van der Waals surface area contributed by atoms with Gasteiger partial charge in [0.15, 0.2) is 9.84 Å². The average molecular weight is 411 g/mol. The topological polar surface area (TPSA) is 69.0 Å². The highest BCUT2D eigenvalue weighted by Crippen LogP contribution is 2.34. The van der Waals surface area contributed by atoms with Crippen LogP contribution >= 0.6 is 23.4 Å². The van der Waals surface area contributed by atoms with E-state index in [4.69, 9.17) is 11.6 Å². The lowest BCUT2D eigenvalue weighted by molar-refractivity contribution is 0.502. The van der Waals surface area contributed by atoms with E-state index in [-0.39, 0.29) is 23.2 Å². The molecule has 5 nitrogen and oxygen atoms in total. The van der Waals surface area contributed by atoms with Gasteiger partial charge in [-0.2, -0.15) is 4.98 Å². The number of aromatic nitrogens is 2. The maximum absolute atomic E-state index is 12.7. The van der Waals surface area contributed by atoms with Crippen LogP contribution in [0.15, 0.2) is 34.1 Å². The fourth-order valence-electron chi connectivity index (χ4n) is 3.78. The Labute approximate surface area is 161 Å². The number of benzene rings is 1. The molecule has 0 radical (unpaired) electrons. The van der Waals surface area contributed by atoms with E-state index in [2.05, 4.69) is 4.98 Å². The van der Waals surface area contributed by atoms with E-state index in [0.717, 1.165) is 41.1 Å². The van der Waals surface area contributed by atoms with Crippen molar-refractivity contribution in [1.29, 1.82) is 0 Å². The first kappa shape index (κ1) is 18.1. The van der Waals surface area contributed by atoms with Crippen molar-refractivity contribution >= 4 is 33.2 Å². The molecule has 4 rings (SSSR count). The normalized spacial score (nSPS) is 21.0. The highest BCUT2D eigenvalue weighted by atomic mass is 35.5. The fraction of sp³-hybridized carbons (Fsp3) is 0.444. The molecule has 0 unspecified atom stereocenters. The van der Waals surface area contributed by atoms with Crippen molar-refractivity contribution in [3.63, 3.8) is 0 Å². The number of rotatable bonds is 4. The summed E-state index contributed by atoms with van der Waals surface area (Å²) in [6.07, 6.45) is 3.16. The predicted molar refractivity (Wildman–Crippen MR) is 104 cm³/mol. The molecular weight excluding hydrogens is 392 g/mol. The lowest BCUT2D eigenvalue weighted by atomic mass is 10.2. The van der Waals surface area contributed by atoms with E-state index in [1.807, 2.05) is 24.3 Å². The van der Waals surface area contributed by atoms with Crippen LogP contribution in [-0.4, -0.2) is 29.5 Å². The third-order valence-electron chi connectivity index (χ3n) is 5.04. The van der Waals surface area contributed by atoms with Gasteiger partial charge in [-0.1, -0.05) is 29.8 Å². The van der Waals surface area contributed by atoms with Crippen LogP contribution in [-0.2, 0) is 28.4 Å². The molecule has 1 aliphatic heterocycles. The van der Waals surface area contributed by atoms with Crippen molar-refractivity contribution < 1.29 is 8.42 Å². The number of hydrogen-bond donors (Lipinski definition) is 0. The molecule has 0 amide bonds. The molecule has 2 aromatic rings. The van der Waals surface area contributed by atoms with Crippen LogP contribution < -0.4 is 5.69 Å². The van der Waals surface area contributed by atoms with Crippen LogP contribution in [0.1, 0.15) is 35.7 Å². The number of thioether (sulfide) groups is 1. The monoisotopic (exact) mass is 410 g/mol. The summed E-state index contributed by atoms with van der Waals surface area (Å²) in [4.78, 5) is 17.0. The first-order chi connectivity index (χ1) is 12.4. The molecular formula is C18H19ClN2O3S2. The summed E-state index contributed by atoms with van der Waals surface area (Å²) in [7, 11) is -3.05.